The molecule has 5 heteroatoms. The van der Waals surface area contributed by atoms with E-state index in [1.807, 2.05) is 32.0 Å². The second kappa shape index (κ2) is 6.38. The van der Waals surface area contributed by atoms with Gasteiger partial charge in [0.2, 0.25) is 0 Å². The molecule has 1 heterocycles. The van der Waals surface area contributed by atoms with Crippen LogP contribution in [-0.4, -0.2) is 16.6 Å². The zero-order valence-electron chi connectivity index (χ0n) is 10.9. The third-order valence-corrected chi connectivity index (χ3v) is 2.88. The van der Waals surface area contributed by atoms with Gasteiger partial charge in [-0.25, -0.2) is 0 Å². The summed E-state index contributed by atoms with van der Waals surface area (Å²) in [4.78, 5) is 8.34. The molecule has 1 aromatic carbocycles. The average Bonchev–Trinajstić information content (AvgIpc) is 2.43. The van der Waals surface area contributed by atoms with Crippen LogP contribution in [0.2, 0.25) is 5.02 Å². The summed E-state index contributed by atoms with van der Waals surface area (Å²) >= 11 is 6.02. The molecule has 0 saturated carbocycles. The first-order valence-corrected chi connectivity index (χ1v) is 6.53. The number of halogens is 1. The highest BCUT2D eigenvalue weighted by molar-refractivity contribution is 6.30. The molecule has 4 nitrogen and oxygen atoms in total. The highest BCUT2D eigenvalue weighted by Crippen LogP contribution is 2.30. The molecule has 0 saturated heterocycles. The Morgan fingerprint density at radius 2 is 2.21 bits per heavy atom. The van der Waals surface area contributed by atoms with Crippen molar-refractivity contribution in [1.82, 2.24) is 9.97 Å². The molecule has 0 aliphatic heterocycles. The minimum atomic E-state index is 0.0198. The molecular weight excluding hydrogens is 262 g/mol. The maximum absolute atomic E-state index is 6.02. The molecule has 1 atom stereocenters. The van der Waals surface area contributed by atoms with E-state index in [0.717, 1.165) is 17.1 Å². The lowest BCUT2D eigenvalue weighted by Gasteiger charge is -2.17. The molecule has 19 heavy (non-hydrogen) atoms. The largest absolute Gasteiger partial charge is 0.492 e. The van der Waals surface area contributed by atoms with Gasteiger partial charge in [-0.2, -0.15) is 0 Å². The van der Waals surface area contributed by atoms with Crippen molar-refractivity contribution in [1.29, 1.82) is 0 Å². The fourth-order valence-corrected chi connectivity index (χ4v) is 1.91. The lowest BCUT2D eigenvalue weighted by atomic mass is 10.2. The van der Waals surface area contributed by atoms with Crippen LogP contribution in [0, 0.1) is 0 Å². The predicted molar refractivity (Wildman–Crippen MR) is 76.7 cm³/mol. The topological polar surface area (TPSA) is 47.0 Å². The summed E-state index contributed by atoms with van der Waals surface area (Å²) in [5.41, 5.74) is 1.72. The van der Waals surface area contributed by atoms with Crippen molar-refractivity contribution >= 4 is 17.3 Å². The Labute approximate surface area is 117 Å². The van der Waals surface area contributed by atoms with E-state index in [1.165, 1.54) is 0 Å². The summed E-state index contributed by atoms with van der Waals surface area (Å²) in [5, 5.41) is 4.00. The molecule has 1 N–H and O–H groups in total. The zero-order chi connectivity index (χ0) is 13.7. The first kappa shape index (κ1) is 13.6. The van der Waals surface area contributed by atoms with Crippen LogP contribution in [0.4, 0.5) is 5.69 Å². The number of nitrogens with zero attached hydrogens (tertiary/aromatic N) is 2. The van der Waals surface area contributed by atoms with Gasteiger partial charge >= 0.3 is 0 Å². The maximum atomic E-state index is 6.02. The molecule has 100 valence electrons. The molecule has 0 aliphatic rings. The van der Waals surface area contributed by atoms with Gasteiger partial charge in [0, 0.05) is 17.4 Å². The highest BCUT2D eigenvalue weighted by atomic mass is 35.5. The fourth-order valence-electron chi connectivity index (χ4n) is 1.74. The number of anilines is 1. The minimum absolute atomic E-state index is 0.0198. The van der Waals surface area contributed by atoms with E-state index < -0.39 is 0 Å². The lowest BCUT2D eigenvalue weighted by Crippen LogP contribution is -2.10. The van der Waals surface area contributed by atoms with Crippen molar-refractivity contribution in [2.45, 2.75) is 19.9 Å². The van der Waals surface area contributed by atoms with Gasteiger partial charge in [-0.05, 0) is 32.0 Å². The molecular formula is C14H16ClN3O. The molecule has 0 amide bonds. The Kier molecular flexibility index (Phi) is 4.58. The second-order valence-electron chi connectivity index (χ2n) is 4.07. The van der Waals surface area contributed by atoms with Crippen LogP contribution >= 0.6 is 11.6 Å². The number of rotatable bonds is 5. The standard InChI is InChI=1S/C14H16ClN3O/c1-3-19-14-5-4-11(15)8-12(14)18-10(2)13-9-16-6-7-17-13/h4-10,18H,3H2,1-2H3. The molecule has 1 unspecified atom stereocenters. The monoisotopic (exact) mass is 277 g/mol. The summed E-state index contributed by atoms with van der Waals surface area (Å²) < 4.78 is 5.57. The quantitative estimate of drug-likeness (QED) is 0.905. The number of hydrogen-bond acceptors (Lipinski definition) is 4. The van der Waals surface area contributed by atoms with E-state index in [9.17, 15) is 0 Å². The van der Waals surface area contributed by atoms with Crippen molar-refractivity contribution in [2.75, 3.05) is 11.9 Å². The average molecular weight is 278 g/mol. The predicted octanol–water partition coefficient (Wildman–Crippen LogP) is 3.70. The van der Waals surface area contributed by atoms with Crippen molar-refractivity contribution in [3.05, 3.63) is 47.5 Å². The Morgan fingerprint density at radius 1 is 1.37 bits per heavy atom. The van der Waals surface area contributed by atoms with Gasteiger partial charge in [0.25, 0.3) is 0 Å². The van der Waals surface area contributed by atoms with E-state index >= 15 is 0 Å². The molecule has 0 fully saturated rings. The van der Waals surface area contributed by atoms with Crippen LogP contribution in [0.3, 0.4) is 0 Å². The normalized spacial score (nSPS) is 11.9. The van der Waals surface area contributed by atoms with Crippen molar-refractivity contribution in [3.63, 3.8) is 0 Å². The van der Waals surface area contributed by atoms with Crippen molar-refractivity contribution in [3.8, 4) is 5.75 Å². The van der Waals surface area contributed by atoms with Crippen LogP contribution < -0.4 is 10.1 Å². The summed E-state index contributed by atoms with van der Waals surface area (Å²) in [7, 11) is 0. The third-order valence-electron chi connectivity index (χ3n) is 2.64. The van der Waals surface area contributed by atoms with Crippen LogP contribution in [0.1, 0.15) is 25.6 Å². The lowest BCUT2D eigenvalue weighted by molar-refractivity contribution is 0.341. The molecule has 0 bridgehead atoms. The van der Waals surface area contributed by atoms with E-state index in [-0.39, 0.29) is 6.04 Å². The van der Waals surface area contributed by atoms with E-state index in [2.05, 4.69) is 15.3 Å². The molecule has 1 aromatic heterocycles. The third kappa shape index (κ3) is 3.58. The summed E-state index contributed by atoms with van der Waals surface area (Å²) in [6, 6.07) is 5.54. The smallest absolute Gasteiger partial charge is 0.142 e. The molecule has 2 aromatic rings. The SMILES string of the molecule is CCOc1ccc(Cl)cc1NC(C)c1cnccn1. The summed E-state index contributed by atoms with van der Waals surface area (Å²) in [6.45, 7) is 4.57. The molecule has 0 aliphatic carbocycles. The minimum Gasteiger partial charge on any atom is -0.492 e. The van der Waals surface area contributed by atoms with Gasteiger partial charge in [-0.15, -0.1) is 0 Å². The van der Waals surface area contributed by atoms with E-state index in [1.54, 1.807) is 18.6 Å². The van der Waals surface area contributed by atoms with Gasteiger partial charge < -0.3 is 10.1 Å². The van der Waals surface area contributed by atoms with Crippen molar-refractivity contribution < 1.29 is 4.74 Å². The number of nitrogens with one attached hydrogen (secondary N) is 1. The summed E-state index contributed by atoms with van der Waals surface area (Å²) in [5.74, 6) is 0.780. The van der Waals surface area contributed by atoms with Gasteiger partial charge in [-0.1, -0.05) is 11.6 Å². The molecule has 2 rings (SSSR count). The van der Waals surface area contributed by atoms with Crippen LogP contribution in [-0.2, 0) is 0 Å². The Bertz CT molecular complexity index is 533. The molecule has 0 radical (unpaired) electrons. The highest BCUT2D eigenvalue weighted by Gasteiger charge is 2.10. The second-order valence-corrected chi connectivity index (χ2v) is 4.51. The first-order valence-electron chi connectivity index (χ1n) is 6.15. The van der Waals surface area contributed by atoms with Crippen LogP contribution in [0.15, 0.2) is 36.8 Å². The zero-order valence-corrected chi connectivity index (χ0v) is 11.7. The molecule has 0 spiro atoms. The summed E-state index contributed by atoms with van der Waals surface area (Å²) in [6.07, 6.45) is 5.07. The Balaban J connectivity index is 2.20. The van der Waals surface area contributed by atoms with Crippen LogP contribution in [0.5, 0.6) is 5.75 Å². The van der Waals surface area contributed by atoms with Crippen molar-refractivity contribution in [2.24, 2.45) is 0 Å². The van der Waals surface area contributed by atoms with Gasteiger partial charge in [0.1, 0.15) is 5.75 Å². The first-order chi connectivity index (χ1) is 9.20. The number of benzene rings is 1. The van der Waals surface area contributed by atoms with Gasteiger partial charge in [0.05, 0.1) is 30.2 Å². The van der Waals surface area contributed by atoms with Gasteiger partial charge in [0.15, 0.2) is 0 Å². The van der Waals surface area contributed by atoms with Crippen LogP contribution in [0.25, 0.3) is 0 Å². The van der Waals surface area contributed by atoms with E-state index in [4.69, 9.17) is 16.3 Å². The Morgan fingerprint density at radius 3 is 2.89 bits per heavy atom. The number of hydrogen-bond donors (Lipinski definition) is 1. The van der Waals surface area contributed by atoms with Gasteiger partial charge in [-0.3, -0.25) is 9.97 Å². The van der Waals surface area contributed by atoms with E-state index in [0.29, 0.717) is 11.6 Å². The number of aromatic nitrogens is 2. The maximum Gasteiger partial charge on any atom is 0.142 e. The number of ether oxygens (including phenoxy) is 1. The Hall–Kier alpha value is -1.81. The fraction of sp³-hybridized carbons (Fsp3) is 0.286.